The minimum atomic E-state index is -5.93. The molecule has 0 heterocycles. The molecule has 0 aliphatic rings. The standard InChI is InChI=1S/C28H18ClF7N4O2/c1-14-7-16(11-37)3-6-20(14)25(42)39-22-9-17(4-5-18(22)12-38)24(41)40-23-15(2)8-19(10-21(23)29)26(30,28(34,35)36)13-27(31,32)33/h3-10H,13H2,1-2H3,(H,39,42)(H,40,41). The zero-order chi connectivity index (χ0) is 31.6. The largest absolute Gasteiger partial charge is 0.427 e. The van der Waals surface area contributed by atoms with E-state index in [0.29, 0.717) is 23.3 Å². The van der Waals surface area contributed by atoms with E-state index < -0.39 is 46.8 Å². The van der Waals surface area contributed by atoms with Crippen molar-refractivity contribution in [3.63, 3.8) is 0 Å². The molecule has 0 saturated carbocycles. The van der Waals surface area contributed by atoms with Crippen molar-refractivity contribution in [2.75, 3.05) is 10.6 Å². The molecule has 0 radical (unpaired) electrons. The van der Waals surface area contributed by atoms with E-state index in [4.69, 9.17) is 16.9 Å². The first-order chi connectivity index (χ1) is 19.4. The lowest BCUT2D eigenvalue weighted by Crippen LogP contribution is -2.42. The van der Waals surface area contributed by atoms with Crippen LogP contribution in [0.4, 0.5) is 42.1 Å². The fourth-order valence-corrected chi connectivity index (χ4v) is 4.34. The van der Waals surface area contributed by atoms with Crippen LogP contribution in [0.15, 0.2) is 48.5 Å². The Bertz CT molecular complexity index is 1630. The molecule has 0 spiro atoms. The second-order valence-electron chi connectivity index (χ2n) is 9.16. The molecule has 3 aromatic rings. The van der Waals surface area contributed by atoms with E-state index in [1.54, 1.807) is 6.92 Å². The Morgan fingerprint density at radius 3 is 2.02 bits per heavy atom. The molecule has 218 valence electrons. The summed E-state index contributed by atoms with van der Waals surface area (Å²) >= 11 is 6.00. The van der Waals surface area contributed by atoms with Gasteiger partial charge >= 0.3 is 12.4 Å². The van der Waals surface area contributed by atoms with Crippen LogP contribution in [0, 0.1) is 36.5 Å². The molecule has 0 aliphatic heterocycles. The third kappa shape index (κ3) is 6.81. The highest BCUT2D eigenvalue weighted by atomic mass is 35.5. The first-order valence-corrected chi connectivity index (χ1v) is 12.1. The van der Waals surface area contributed by atoms with Gasteiger partial charge in [0.1, 0.15) is 6.07 Å². The van der Waals surface area contributed by atoms with Crippen LogP contribution in [0.25, 0.3) is 0 Å². The van der Waals surface area contributed by atoms with Crippen molar-refractivity contribution in [3.8, 4) is 12.1 Å². The van der Waals surface area contributed by atoms with Crippen LogP contribution in [-0.4, -0.2) is 24.2 Å². The number of rotatable bonds is 6. The molecule has 1 atom stereocenters. The van der Waals surface area contributed by atoms with Gasteiger partial charge in [0, 0.05) is 16.7 Å². The Labute approximate surface area is 239 Å². The topological polar surface area (TPSA) is 106 Å². The molecule has 1 unspecified atom stereocenters. The van der Waals surface area contributed by atoms with Gasteiger partial charge in [-0.2, -0.15) is 36.9 Å². The highest BCUT2D eigenvalue weighted by Gasteiger charge is 2.62. The summed E-state index contributed by atoms with van der Waals surface area (Å²) in [5, 5.41) is 22.6. The van der Waals surface area contributed by atoms with E-state index in [0.717, 1.165) is 13.0 Å². The summed E-state index contributed by atoms with van der Waals surface area (Å²) in [7, 11) is 0. The maximum Gasteiger partial charge on any atom is 0.427 e. The van der Waals surface area contributed by atoms with E-state index in [-0.39, 0.29) is 33.6 Å². The SMILES string of the molecule is Cc1cc(C#N)ccc1C(=O)Nc1cc(C(=O)Nc2c(C)cc(C(F)(CC(F)(F)F)C(F)(F)F)cc2Cl)ccc1C#N. The van der Waals surface area contributed by atoms with Crippen molar-refractivity contribution in [2.24, 2.45) is 0 Å². The lowest BCUT2D eigenvalue weighted by atomic mass is 9.89. The second-order valence-corrected chi connectivity index (χ2v) is 9.57. The van der Waals surface area contributed by atoms with E-state index in [1.165, 1.54) is 30.3 Å². The number of nitrogens with zero attached hydrogens (tertiary/aromatic N) is 2. The van der Waals surface area contributed by atoms with Crippen molar-refractivity contribution in [2.45, 2.75) is 38.3 Å². The van der Waals surface area contributed by atoms with Gasteiger partial charge in [0.2, 0.25) is 5.67 Å². The molecule has 42 heavy (non-hydrogen) atoms. The summed E-state index contributed by atoms with van der Waals surface area (Å²) in [5.74, 6) is -1.57. The van der Waals surface area contributed by atoms with Crippen LogP contribution in [0.2, 0.25) is 5.02 Å². The summed E-state index contributed by atoms with van der Waals surface area (Å²) in [4.78, 5) is 25.8. The van der Waals surface area contributed by atoms with E-state index in [9.17, 15) is 45.6 Å². The van der Waals surface area contributed by atoms with Crippen molar-refractivity contribution < 1.29 is 40.3 Å². The molecule has 6 nitrogen and oxygen atoms in total. The van der Waals surface area contributed by atoms with Crippen LogP contribution in [0.5, 0.6) is 0 Å². The third-order valence-electron chi connectivity index (χ3n) is 6.13. The summed E-state index contributed by atoms with van der Waals surface area (Å²) in [5.41, 5.74) is -6.04. The average Bonchev–Trinajstić information content (AvgIpc) is 2.88. The molecule has 14 heteroatoms. The summed E-state index contributed by atoms with van der Waals surface area (Å²) in [6, 6.07) is 12.5. The predicted molar refractivity (Wildman–Crippen MR) is 139 cm³/mol. The van der Waals surface area contributed by atoms with Crippen molar-refractivity contribution in [3.05, 3.63) is 92.5 Å². The van der Waals surface area contributed by atoms with Gasteiger partial charge in [0.05, 0.1) is 40.0 Å². The smallest absolute Gasteiger partial charge is 0.321 e. The van der Waals surface area contributed by atoms with Crippen molar-refractivity contribution in [1.29, 1.82) is 10.5 Å². The van der Waals surface area contributed by atoms with Gasteiger partial charge in [0.15, 0.2) is 0 Å². The Morgan fingerprint density at radius 2 is 1.50 bits per heavy atom. The highest BCUT2D eigenvalue weighted by molar-refractivity contribution is 6.34. The van der Waals surface area contributed by atoms with Gasteiger partial charge in [-0.05, 0) is 67.4 Å². The van der Waals surface area contributed by atoms with Gasteiger partial charge in [-0.15, -0.1) is 0 Å². The number of carbonyl (C=O) groups excluding carboxylic acids is 2. The summed E-state index contributed by atoms with van der Waals surface area (Å²) < 4.78 is 93.6. The molecule has 0 fully saturated rings. The normalized spacial score (nSPS) is 13.0. The number of nitrogens with one attached hydrogen (secondary N) is 2. The summed E-state index contributed by atoms with van der Waals surface area (Å²) in [6.45, 7) is 2.70. The minimum Gasteiger partial charge on any atom is -0.321 e. The van der Waals surface area contributed by atoms with Crippen molar-refractivity contribution in [1.82, 2.24) is 0 Å². The molecule has 0 aliphatic carbocycles. The number of aryl methyl sites for hydroxylation is 2. The lowest BCUT2D eigenvalue weighted by molar-refractivity contribution is -0.273. The van der Waals surface area contributed by atoms with Crippen LogP contribution in [-0.2, 0) is 5.67 Å². The average molecular weight is 611 g/mol. The molecule has 2 amide bonds. The molecular formula is C28H18ClF7N4O2. The molecule has 0 bridgehead atoms. The van der Waals surface area contributed by atoms with Gasteiger partial charge in [0.25, 0.3) is 11.8 Å². The monoisotopic (exact) mass is 610 g/mol. The molecule has 0 aromatic heterocycles. The number of amides is 2. The zero-order valence-electron chi connectivity index (χ0n) is 21.6. The Balaban J connectivity index is 1.93. The Hall–Kier alpha value is -4.62. The van der Waals surface area contributed by atoms with Crippen LogP contribution >= 0.6 is 11.6 Å². The van der Waals surface area contributed by atoms with E-state index >= 15 is 0 Å². The van der Waals surface area contributed by atoms with Gasteiger partial charge in [-0.25, -0.2) is 4.39 Å². The second kappa shape index (κ2) is 11.7. The molecular weight excluding hydrogens is 593 g/mol. The quantitative estimate of drug-likeness (QED) is 0.277. The predicted octanol–water partition coefficient (Wildman–Crippen LogP) is 7.88. The molecule has 3 rings (SSSR count). The van der Waals surface area contributed by atoms with Gasteiger partial charge in [-0.3, -0.25) is 9.59 Å². The zero-order valence-corrected chi connectivity index (χ0v) is 22.3. The first-order valence-electron chi connectivity index (χ1n) is 11.7. The number of benzene rings is 3. The third-order valence-corrected chi connectivity index (χ3v) is 6.43. The molecule has 3 aromatic carbocycles. The van der Waals surface area contributed by atoms with Crippen LogP contribution < -0.4 is 10.6 Å². The van der Waals surface area contributed by atoms with Crippen LogP contribution in [0.3, 0.4) is 0 Å². The molecule has 0 saturated heterocycles. The van der Waals surface area contributed by atoms with E-state index in [1.807, 2.05) is 12.1 Å². The number of hydrogen-bond donors (Lipinski definition) is 2. The van der Waals surface area contributed by atoms with Crippen molar-refractivity contribution >= 4 is 34.8 Å². The number of anilines is 2. The van der Waals surface area contributed by atoms with Gasteiger partial charge < -0.3 is 10.6 Å². The first kappa shape index (κ1) is 31.9. The van der Waals surface area contributed by atoms with Crippen LogP contribution in [0.1, 0.15) is 55.0 Å². The maximum atomic E-state index is 14.9. The fourth-order valence-electron chi connectivity index (χ4n) is 4.02. The summed E-state index contributed by atoms with van der Waals surface area (Å²) in [6.07, 6.45) is -14.3. The van der Waals surface area contributed by atoms with Gasteiger partial charge in [-0.1, -0.05) is 17.7 Å². The Morgan fingerprint density at radius 1 is 0.833 bits per heavy atom. The number of carbonyl (C=O) groups is 2. The Kier molecular flexibility index (Phi) is 8.89. The number of alkyl halides is 7. The lowest BCUT2D eigenvalue weighted by Gasteiger charge is -2.30. The minimum absolute atomic E-state index is 0.0270. The maximum absolute atomic E-state index is 14.9. The number of hydrogen-bond acceptors (Lipinski definition) is 4. The number of halogens is 8. The number of nitriles is 2. The van der Waals surface area contributed by atoms with E-state index in [2.05, 4.69) is 10.6 Å². The highest BCUT2D eigenvalue weighted by Crippen LogP contribution is 2.50. The molecule has 2 N–H and O–H groups in total. The fraction of sp³-hybridized carbons (Fsp3) is 0.214.